The first kappa shape index (κ1) is 19.4. The highest BCUT2D eigenvalue weighted by atomic mass is 16.5. The van der Waals surface area contributed by atoms with E-state index in [2.05, 4.69) is 24.1 Å². The fourth-order valence-electron chi connectivity index (χ4n) is 3.25. The largest absolute Gasteiger partial charge is 0.381 e. The monoisotopic (exact) mass is 313 g/mol. The van der Waals surface area contributed by atoms with Gasteiger partial charge in [-0.05, 0) is 39.5 Å². The zero-order valence-electron chi connectivity index (χ0n) is 15.1. The molecule has 0 aromatic heterocycles. The number of carbonyl (C=O) groups is 1. The zero-order valence-corrected chi connectivity index (χ0v) is 15.1. The van der Waals surface area contributed by atoms with Crippen molar-refractivity contribution in [3.05, 3.63) is 0 Å². The molecule has 0 spiro atoms. The fourth-order valence-corrected chi connectivity index (χ4v) is 3.25. The van der Waals surface area contributed by atoms with E-state index in [1.165, 1.54) is 0 Å². The number of rotatable bonds is 8. The minimum Gasteiger partial charge on any atom is -0.381 e. The first-order valence-corrected chi connectivity index (χ1v) is 8.61. The number of carbonyl (C=O) groups excluding carboxylic acids is 1. The van der Waals surface area contributed by atoms with E-state index in [-0.39, 0.29) is 11.4 Å². The first-order valence-electron chi connectivity index (χ1n) is 8.61. The van der Waals surface area contributed by atoms with Crippen molar-refractivity contribution in [2.24, 2.45) is 11.1 Å². The van der Waals surface area contributed by atoms with Gasteiger partial charge in [-0.25, -0.2) is 0 Å². The number of amides is 1. The highest BCUT2D eigenvalue weighted by Gasteiger charge is 2.36. The third-order valence-electron chi connectivity index (χ3n) is 5.54. The second-order valence-corrected chi connectivity index (χ2v) is 7.11. The molecule has 1 rings (SSSR count). The molecule has 1 aliphatic rings. The van der Waals surface area contributed by atoms with Crippen molar-refractivity contribution in [1.29, 1.82) is 0 Å². The van der Waals surface area contributed by atoms with Gasteiger partial charge < -0.3 is 15.8 Å². The molecule has 5 heteroatoms. The van der Waals surface area contributed by atoms with Crippen LogP contribution < -0.4 is 11.1 Å². The highest BCUT2D eigenvalue weighted by Crippen LogP contribution is 2.26. The third kappa shape index (κ3) is 4.43. The van der Waals surface area contributed by atoms with Gasteiger partial charge in [0, 0.05) is 38.8 Å². The molecule has 1 saturated heterocycles. The van der Waals surface area contributed by atoms with Crippen molar-refractivity contribution in [2.45, 2.75) is 65.0 Å². The number of hydrogen-bond acceptors (Lipinski definition) is 4. The Labute approximate surface area is 135 Å². The Bertz CT molecular complexity index is 338. The normalized spacial score (nSPS) is 18.5. The van der Waals surface area contributed by atoms with Gasteiger partial charge in [-0.1, -0.05) is 13.8 Å². The number of nitrogens with two attached hydrogens (primary N) is 1. The van der Waals surface area contributed by atoms with Crippen LogP contribution in [0.3, 0.4) is 0 Å². The molecule has 22 heavy (non-hydrogen) atoms. The van der Waals surface area contributed by atoms with Crippen LogP contribution >= 0.6 is 0 Å². The average molecular weight is 313 g/mol. The number of nitrogens with zero attached hydrogens (tertiary/aromatic N) is 1. The van der Waals surface area contributed by atoms with Gasteiger partial charge in [-0.15, -0.1) is 0 Å². The Morgan fingerprint density at radius 3 is 2.23 bits per heavy atom. The molecule has 0 aromatic carbocycles. The maximum atomic E-state index is 12.6. The lowest BCUT2D eigenvalue weighted by Gasteiger charge is -2.43. The predicted octanol–water partition coefficient (Wildman–Crippen LogP) is 1.76. The van der Waals surface area contributed by atoms with Crippen LogP contribution in [0, 0.1) is 5.41 Å². The highest BCUT2D eigenvalue weighted by molar-refractivity contribution is 5.82. The van der Waals surface area contributed by atoms with Crippen molar-refractivity contribution in [1.82, 2.24) is 10.2 Å². The molecular formula is C17H35N3O2. The number of likely N-dealkylation sites (tertiary alicyclic amines) is 1. The summed E-state index contributed by atoms with van der Waals surface area (Å²) in [4.78, 5) is 15.0. The molecule has 0 unspecified atom stereocenters. The smallest absolute Gasteiger partial charge is 0.227 e. The van der Waals surface area contributed by atoms with E-state index >= 15 is 0 Å². The summed E-state index contributed by atoms with van der Waals surface area (Å²) >= 11 is 0. The molecule has 1 amide bonds. The van der Waals surface area contributed by atoms with E-state index in [9.17, 15) is 4.79 Å². The number of methoxy groups -OCH3 is 1. The lowest BCUT2D eigenvalue weighted by Crippen LogP contribution is -2.57. The summed E-state index contributed by atoms with van der Waals surface area (Å²) in [7, 11) is 1.79. The van der Waals surface area contributed by atoms with Crippen molar-refractivity contribution in [3.8, 4) is 0 Å². The fraction of sp³-hybridized carbons (Fsp3) is 0.941. The quantitative estimate of drug-likeness (QED) is 0.716. The molecule has 3 N–H and O–H groups in total. The van der Waals surface area contributed by atoms with Gasteiger partial charge in [-0.2, -0.15) is 0 Å². The summed E-state index contributed by atoms with van der Waals surface area (Å²) in [5.41, 5.74) is 5.39. The molecule has 5 nitrogen and oxygen atoms in total. The summed E-state index contributed by atoms with van der Waals surface area (Å²) in [6.07, 6.45) is 4.07. The molecule has 0 radical (unpaired) electrons. The molecule has 0 saturated carbocycles. The summed E-state index contributed by atoms with van der Waals surface area (Å²) < 4.78 is 5.43. The van der Waals surface area contributed by atoms with Crippen molar-refractivity contribution < 1.29 is 9.53 Å². The molecule has 1 heterocycles. The van der Waals surface area contributed by atoms with Crippen LogP contribution in [0.15, 0.2) is 0 Å². The maximum Gasteiger partial charge on any atom is 0.227 e. The zero-order chi connectivity index (χ0) is 16.8. The predicted molar refractivity (Wildman–Crippen MR) is 90.8 cm³/mol. The Kier molecular flexibility index (Phi) is 7.29. The minimum absolute atomic E-state index is 0.0454. The second-order valence-electron chi connectivity index (χ2n) is 7.11. The average Bonchev–Trinajstić information content (AvgIpc) is 2.55. The third-order valence-corrected chi connectivity index (χ3v) is 5.54. The molecule has 0 atom stereocenters. The molecule has 0 bridgehead atoms. The molecular weight excluding hydrogens is 278 g/mol. The van der Waals surface area contributed by atoms with Gasteiger partial charge >= 0.3 is 0 Å². The molecule has 1 aliphatic heterocycles. The van der Waals surface area contributed by atoms with Crippen LogP contribution in [0.2, 0.25) is 0 Å². The lowest BCUT2D eigenvalue weighted by atomic mass is 9.81. The number of ether oxygens (including phenoxy) is 1. The maximum absolute atomic E-state index is 12.6. The van der Waals surface area contributed by atoms with E-state index in [1.807, 2.05) is 13.8 Å². The van der Waals surface area contributed by atoms with E-state index in [0.29, 0.717) is 19.2 Å². The van der Waals surface area contributed by atoms with Gasteiger partial charge in [0.05, 0.1) is 11.5 Å². The van der Waals surface area contributed by atoms with Gasteiger partial charge in [0.1, 0.15) is 0 Å². The molecule has 1 fully saturated rings. The van der Waals surface area contributed by atoms with Gasteiger partial charge in [0.2, 0.25) is 5.91 Å². The number of piperidine rings is 1. The van der Waals surface area contributed by atoms with E-state index in [4.69, 9.17) is 10.5 Å². The van der Waals surface area contributed by atoms with Gasteiger partial charge in [0.25, 0.3) is 0 Å². The van der Waals surface area contributed by atoms with Crippen LogP contribution in [0.4, 0.5) is 0 Å². The van der Waals surface area contributed by atoms with Gasteiger partial charge in [-0.3, -0.25) is 9.69 Å². The molecule has 0 aliphatic carbocycles. The van der Waals surface area contributed by atoms with Gasteiger partial charge in [0.15, 0.2) is 0 Å². The Morgan fingerprint density at radius 1 is 1.27 bits per heavy atom. The van der Waals surface area contributed by atoms with Crippen LogP contribution in [-0.2, 0) is 9.53 Å². The van der Waals surface area contributed by atoms with E-state index in [1.54, 1.807) is 7.11 Å². The van der Waals surface area contributed by atoms with E-state index in [0.717, 1.165) is 38.8 Å². The van der Waals surface area contributed by atoms with Crippen molar-refractivity contribution >= 4 is 5.91 Å². The Hall–Kier alpha value is -0.650. The van der Waals surface area contributed by atoms with E-state index < -0.39 is 5.41 Å². The first-order chi connectivity index (χ1) is 10.3. The second kappa shape index (κ2) is 8.27. The molecule has 0 aromatic rings. The summed E-state index contributed by atoms with van der Waals surface area (Å²) in [5, 5.41) is 3.15. The Balaban J connectivity index is 2.56. The summed E-state index contributed by atoms with van der Waals surface area (Å²) in [6, 6.07) is 0. The standard InChI is InChI=1S/C17H35N3O2/c1-6-17(7-2,12-18)15(21)19-13-16(3,4)20-10-8-14(22-5)9-11-20/h14H,6-13,18H2,1-5H3,(H,19,21). The van der Waals surface area contributed by atoms with Crippen molar-refractivity contribution in [3.63, 3.8) is 0 Å². The summed E-state index contributed by atoms with van der Waals surface area (Å²) in [5.74, 6) is 0.0971. The van der Waals surface area contributed by atoms with Crippen molar-refractivity contribution in [2.75, 3.05) is 33.3 Å². The van der Waals surface area contributed by atoms with Crippen LogP contribution in [0.25, 0.3) is 0 Å². The lowest BCUT2D eigenvalue weighted by molar-refractivity contribution is -0.131. The number of nitrogens with one attached hydrogen (secondary N) is 1. The Morgan fingerprint density at radius 2 is 1.82 bits per heavy atom. The van der Waals surface area contributed by atoms with Crippen LogP contribution in [0.1, 0.15) is 53.4 Å². The molecule has 130 valence electrons. The van der Waals surface area contributed by atoms with Crippen LogP contribution in [0.5, 0.6) is 0 Å². The summed E-state index contributed by atoms with van der Waals surface area (Å²) in [6.45, 7) is 11.6. The SMILES string of the molecule is CCC(CC)(CN)C(=O)NCC(C)(C)N1CCC(OC)CC1. The minimum atomic E-state index is -0.418. The number of hydrogen-bond donors (Lipinski definition) is 2. The van der Waals surface area contributed by atoms with Crippen LogP contribution in [-0.4, -0.2) is 55.7 Å². The topological polar surface area (TPSA) is 67.6 Å².